The van der Waals surface area contributed by atoms with E-state index in [2.05, 4.69) is 12.2 Å². The maximum atomic E-state index is 13.2. The lowest BCUT2D eigenvalue weighted by Gasteiger charge is -2.29. The van der Waals surface area contributed by atoms with Crippen LogP contribution >= 0.6 is 11.3 Å². The van der Waals surface area contributed by atoms with Crippen LogP contribution in [-0.4, -0.2) is 34.0 Å². The van der Waals surface area contributed by atoms with Crippen molar-refractivity contribution in [2.24, 2.45) is 5.92 Å². The standard InChI is InChI=1S/C20H26N2O4S2/c1-15-9-11-16(12-10-15)21-19(23)14-22(17-6-3-4-7-18(17)26-2)28(24,25)20-8-5-13-27-20/h3-8,13,15-16H,9-12,14H2,1-2H3,(H,21,23). The molecule has 0 aliphatic heterocycles. The Bertz CT molecular complexity index is 889. The molecule has 1 N–H and O–H groups in total. The lowest BCUT2D eigenvalue weighted by atomic mass is 9.87. The van der Waals surface area contributed by atoms with Crippen LogP contribution in [0, 0.1) is 5.92 Å². The number of ether oxygens (including phenoxy) is 1. The third-order valence-electron chi connectivity index (χ3n) is 5.06. The highest BCUT2D eigenvalue weighted by Gasteiger charge is 2.31. The first-order valence-corrected chi connectivity index (χ1v) is 11.7. The first-order chi connectivity index (χ1) is 13.4. The number of hydrogen-bond donors (Lipinski definition) is 1. The molecule has 8 heteroatoms. The number of thiophene rings is 1. The highest BCUT2D eigenvalue weighted by Crippen LogP contribution is 2.33. The first-order valence-electron chi connectivity index (χ1n) is 9.40. The number of benzene rings is 1. The van der Waals surface area contributed by atoms with E-state index in [4.69, 9.17) is 4.74 Å². The molecule has 1 amide bonds. The quantitative estimate of drug-likeness (QED) is 0.739. The lowest BCUT2D eigenvalue weighted by molar-refractivity contribution is -0.120. The topological polar surface area (TPSA) is 75.7 Å². The van der Waals surface area contributed by atoms with Crippen LogP contribution in [0.15, 0.2) is 46.0 Å². The van der Waals surface area contributed by atoms with E-state index in [0.29, 0.717) is 17.4 Å². The molecule has 1 aromatic carbocycles. The van der Waals surface area contributed by atoms with Gasteiger partial charge in [0, 0.05) is 6.04 Å². The number of nitrogens with one attached hydrogen (secondary N) is 1. The Morgan fingerprint density at radius 2 is 1.89 bits per heavy atom. The van der Waals surface area contributed by atoms with Gasteiger partial charge in [-0.15, -0.1) is 11.3 Å². The number of hydrogen-bond acceptors (Lipinski definition) is 5. The monoisotopic (exact) mass is 422 g/mol. The number of anilines is 1. The summed E-state index contributed by atoms with van der Waals surface area (Å²) in [7, 11) is -2.39. The van der Waals surface area contributed by atoms with E-state index in [1.54, 1.807) is 41.8 Å². The van der Waals surface area contributed by atoms with Gasteiger partial charge in [0.15, 0.2) is 0 Å². The number of para-hydroxylation sites is 2. The smallest absolute Gasteiger partial charge is 0.274 e. The molecule has 1 aromatic heterocycles. The van der Waals surface area contributed by atoms with Gasteiger partial charge in [-0.25, -0.2) is 8.42 Å². The predicted octanol–water partition coefficient (Wildman–Crippen LogP) is 3.65. The third-order valence-corrected chi connectivity index (χ3v) is 8.19. The zero-order chi connectivity index (χ0) is 20.1. The van der Waals surface area contributed by atoms with Gasteiger partial charge in [0.05, 0.1) is 12.8 Å². The van der Waals surface area contributed by atoms with Gasteiger partial charge in [-0.1, -0.05) is 25.1 Å². The minimum atomic E-state index is -3.88. The Morgan fingerprint density at radius 1 is 1.18 bits per heavy atom. The zero-order valence-electron chi connectivity index (χ0n) is 16.1. The number of carbonyl (C=O) groups is 1. The van der Waals surface area contributed by atoms with Gasteiger partial charge in [-0.2, -0.15) is 0 Å². The Labute approximate surface area is 170 Å². The van der Waals surface area contributed by atoms with E-state index in [1.165, 1.54) is 7.11 Å². The van der Waals surface area contributed by atoms with Gasteiger partial charge in [-0.05, 0) is 55.2 Å². The molecule has 28 heavy (non-hydrogen) atoms. The molecule has 0 spiro atoms. The Morgan fingerprint density at radius 3 is 2.54 bits per heavy atom. The van der Waals surface area contributed by atoms with Crippen molar-refractivity contribution < 1.29 is 17.9 Å². The minimum absolute atomic E-state index is 0.104. The van der Waals surface area contributed by atoms with Gasteiger partial charge in [-0.3, -0.25) is 9.10 Å². The van der Waals surface area contributed by atoms with Crippen molar-refractivity contribution in [2.45, 2.75) is 42.9 Å². The summed E-state index contributed by atoms with van der Waals surface area (Å²) in [5, 5.41) is 4.72. The first kappa shape index (κ1) is 20.7. The van der Waals surface area contributed by atoms with E-state index in [1.807, 2.05) is 0 Å². The summed E-state index contributed by atoms with van der Waals surface area (Å²) < 4.78 is 33.1. The largest absolute Gasteiger partial charge is 0.495 e. The van der Waals surface area contributed by atoms with Crippen LogP contribution in [0.5, 0.6) is 5.75 Å². The fourth-order valence-corrected chi connectivity index (χ4v) is 6.00. The van der Waals surface area contributed by atoms with Crippen molar-refractivity contribution in [3.05, 3.63) is 41.8 Å². The molecule has 0 saturated heterocycles. The normalized spacial score (nSPS) is 19.8. The van der Waals surface area contributed by atoms with Crippen LogP contribution in [0.1, 0.15) is 32.6 Å². The predicted molar refractivity (Wildman–Crippen MR) is 111 cm³/mol. The van der Waals surface area contributed by atoms with Crippen LogP contribution in [0.4, 0.5) is 5.69 Å². The summed E-state index contributed by atoms with van der Waals surface area (Å²) in [4.78, 5) is 12.7. The van der Waals surface area contributed by atoms with Crippen LogP contribution in [0.25, 0.3) is 0 Å². The van der Waals surface area contributed by atoms with Crippen LogP contribution in [0.3, 0.4) is 0 Å². The summed E-state index contributed by atoms with van der Waals surface area (Å²) in [5.41, 5.74) is 0.353. The summed E-state index contributed by atoms with van der Waals surface area (Å²) in [6.07, 6.45) is 4.02. The second-order valence-corrected chi connectivity index (χ2v) is 10.2. The lowest BCUT2D eigenvalue weighted by Crippen LogP contribution is -2.45. The minimum Gasteiger partial charge on any atom is -0.495 e. The van der Waals surface area contributed by atoms with Gasteiger partial charge >= 0.3 is 0 Å². The van der Waals surface area contributed by atoms with E-state index in [9.17, 15) is 13.2 Å². The number of sulfonamides is 1. The zero-order valence-corrected chi connectivity index (χ0v) is 17.8. The van der Waals surface area contributed by atoms with E-state index >= 15 is 0 Å². The summed E-state index contributed by atoms with van der Waals surface area (Å²) >= 11 is 1.13. The van der Waals surface area contributed by atoms with Gasteiger partial charge in [0.25, 0.3) is 10.0 Å². The van der Waals surface area contributed by atoms with Crippen molar-refractivity contribution in [3.63, 3.8) is 0 Å². The highest BCUT2D eigenvalue weighted by atomic mass is 32.2. The molecule has 0 atom stereocenters. The Balaban J connectivity index is 1.85. The molecule has 3 rings (SSSR count). The number of carbonyl (C=O) groups excluding carboxylic acids is 1. The average Bonchev–Trinajstić information content (AvgIpc) is 3.23. The number of rotatable bonds is 7. The molecular formula is C20H26N2O4S2. The average molecular weight is 423 g/mol. The fraction of sp³-hybridized carbons (Fsp3) is 0.450. The van der Waals surface area contributed by atoms with Crippen LogP contribution in [0.2, 0.25) is 0 Å². The van der Waals surface area contributed by atoms with E-state index in [-0.39, 0.29) is 22.7 Å². The van der Waals surface area contributed by atoms with Crippen molar-refractivity contribution >= 4 is 33.0 Å². The number of nitrogens with zero attached hydrogens (tertiary/aromatic N) is 1. The molecule has 152 valence electrons. The van der Waals surface area contributed by atoms with Crippen LogP contribution < -0.4 is 14.4 Å². The maximum Gasteiger partial charge on any atom is 0.274 e. The number of amides is 1. The van der Waals surface area contributed by atoms with Crippen molar-refractivity contribution in [1.82, 2.24) is 5.32 Å². The van der Waals surface area contributed by atoms with Gasteiger partial charge in [0.1, 0.15) is 16.5 Å². The number of methoxy groups -OCH3 is 1. The van der Waals surface area contributed by atoms with Crippen molar-refractivity contribution in [2.75, 3.05) is 18.0 Å². The fourth-order valence-electron chi connectivity index (χ4n) is 3.46. The second kappa shape index (κ2) is 8.96. The molecule has 6 nitrogen and oxygen atoms in total. The SMILES string of the molecule is COc1ccccc1N(CC(=O)NC1CCC(C)CC1)S(=O)(=O)c1cccs1. The third kappa shape index (κ3) is 4.67. The molecule has 0 radical (unpaired) electrons. The second-order valence-electron chi connectivity index (χ2n) is 7.14. The van der Waals surface area contributed by atoms with E-state index < -0.39 is 10.0 Å². The molecule has 1 fully saturated rings. The molecule has 2 aromatic rings. The molecule has 1 aliphatic rings. The van der Waals surface area contributed by atoms with Gasteiger partial charge in [0.2, 0.25) is 5.91 Å². The summed E-state index contributed by atoms with van der Waals surface area (Å²) in [6.45, 7) is 1.93. The van der Waals surface area contributed by atoms with Crippen molar-refractivity contribution in [3.8, 4) is 5.75 Å². The summed E-state index contributed by atoms with van der Waals surface area (Å²) in [6, 6.07) is 10.2. The van der Waals surface area contributed by atoms with Crippen molar-refractivity contribution in [1.29, 1.82) is 0 Å². The molecule has 1 heterocycles. The molecular weight excluding hydrogens is 396 g/mol. The highest BCUT2D eigenvalue weighted by molar-refractivity contribution is 7.94. The van der Waals surface area contributed by atoms with Crippen LogP contribution in [-0.2, 0) is 14.8 Å². The van der Waals surface area contributed by atoms with E-state index in [0.717, 1.165) is 41.3 Å². The molecule has 0 bridgehead atoms. The maximum absolute atomic E-state index is 13.2. The molecule has 0 unspecified atom stereocenters. The Hall–Kier alpha value is -2.06. The molecule has 1 saturated carbocycles. The Kier molecular flexibility index (Phi) is 6.61. The van der Waals surface area contributed by atoms with Gasteiger partial charge < -0.3 is 10.1 Å². The molecule has 1 aliphatic carbocycles. The summed E-state index contributed by atoms with van der Waals surface area (Å²) in [5.74, 6) is 0.782.